The van der Waals surface area contributed by atoms with E-state index in [0.29, 0.717) is 25.7 Å². The lowest BCUT2D eigenvalue weighted by atomic mass is 10.1. The maximum Gasteiger partial charge on any atom is 0.240 e. The number of nitrogens with zero attached hydrogens (tertiary/aromatic N) is 1. The monoisotopic (exact) mass is 566 g/mol. The van der Waals surface area contributed by atoms with Gasteiger partial charge >= 0.3 is 0 Å². The van der Waals surface area contributed by atoms with Gasteiger partial charge < -0.3 is 15.4 Å². The van der Waals surface area contributed by atoms with Crippen molar-refractivity contribution in [2.75, 3.05) is 33.9 Å². The zero-order chi connectivity index (χ0) is 21.1. The van der Waals surface area contributed by atoms with E-state index in [1.54, 1.807) is 25.2 Å². The average Bonchev–Trinajstić information content (AvgIpc) is 2.72. The van der Waals surface area contributed by atoms with Crippen molar-refractivity contribution in [2.45, 2.75) is 17.9 Å². The van der Waals surface area contributed by atoms with E-state index in [1.165, 1.54) is 7.11 Å². The number of rotatable bonds is 10. The van der Waals surface area contributed by atoms with Crippen LogP contribution in [0.5, 0.6) is 0 Å². The van der Waals surface area contributed by atoms with E-state index in [1.807, 2.05) is 30.3 Å². The van der Waals surface area contributed by atoms with Gasteiger partial charge in [0.25, 0.3) is 0 Å². The molecule has 3 N–H and O–H groups in total. The SMILES string of the molecule is CN=C(NCCc1ccccc1Cl)NCc1cccc(S(=O)(=O)NCCOC)c1.I. The summed E-state index contributed by atoms with van der Waals surface area (Å²) in [4.78, 5) is 4.41. The number of sulfonamides is 1. The number of hydrogen-bond donors (Lipinski definition) is 3. The summed E-state index contributed by atoms with van der Waals surface area (Å²) in [6, 6.07) is 14.5. The standard InChI is InChI=1S/C20H27ClN4O3S.HI/c1-22-20(23-11-10-17-7-3-4-9-19(17)21)24-15-16-6-5-8-18(14-16)29(26,27)25-12-13-28-2;/h3-9,14,25H,10-13,15H2,1-2H3,(H2,22,23,24);1H. The predicted molar refractivity (Wildman–Crippen MR) is 132 cm³/mol. The fourth-order valence-corrected chi connectivity index (χ4v) is 3.92. The van der Waals surface area contributed by atoms with Gasteiger partial charge in [-0.15, -0.1) is 24.0 Å². The number of ether oxygens (including phenoxy) is 1. The molecular weight excluding hydrogens is 539 g/mol. The number of aliphatic imine (C=N–C) groups is 1. The van der Waals surface area contributed by atoms with Crippen molar-refractivity contribution >= 4 is 51.6 Å². The molecule has 0 aliphatic heterocycles. The smallest absolute Gasteiger partial charge is 0.240 e. The highest BCUT2D eigenvalue weighted by atomic mass is 127. The Morgan fingerprint density at radius 1 is 1.10 bits per heavy atom. The molecule has 0 aliphatic rings. The van der Waals surface area contributed by atoms with Crippen LogP contribution in [0, 0.1) is 0 Å². The van der Waals surface area contributed by atoms with Crippen molar-refractivity contribution in [3.05, 3.63) is 64.7 Å². The minimum atomic E-state index is -3.56. The second kappa shape index (κ2) is 13.8. The lowest BCUT2D eigenvalue weighted by Crippen LogP contribution is -2.37. The van der Waals surface area contributed by atoms with Gasteiger partial charge in [0.1, 0.15) is 0 Å². The van der Waals surface area contributed by atoms with Crippen LogP contribution in [-0.4, -0.2) is 48.2 Å². The fraction of sp³-hybridized carbons (Fsp3) is 0.350. The Bertz CT molecular complexity index is 926. The first-order chi connectivity index (χ1) is 14.0. The van der Waals surface area contributed by atoms with Gasteiger partial charge in [0.05, 0.1) is 11.5 Å². The zero-order valence-corrected chi connectivity index (χ0v) is 20.9. The van der Waals surface area contributed by atoms with Gasteiger partial charge in [0, 0.05) is 38.8 Å². The molecule has 7 nitrogen and oxygen atoms in total. The summed E-state index contributed by atoms with van der Waals surface area (Å²) in [6.07, 6.45) is 0.765. The summed E-state index contributed by atoms with van der Waals surface area (Å²) in [5.74, 6) is 0.628. The lowest BCUT2D eigenvalue weighted by molar-refractivity contribution is 0.204. The second-order valence-electron chi connectivity index (χ2n) is 6.23. The number of nitrogens with one attached hydrogen (secondary N) is 3. The van der Waals surface area contributed by atoms with E-state index in [0.717, 1.165) is 22.6 Å². The van der Waals surface area contributed by atoms with Crippen molar-refractivity contribution in [1.82, 2.24) is 15.4 Å². The molecule has 166 valence electrons. The Morgan fingerprint density at radius 3 is 2.57 bits per heavy atom. The Labute approximate surface area is 200 Å². The van der Waals surface area contributed by atoms with Crippen LogP contribution in [0.15, 0.2) is 58.4 Å². The molecule has 10 heteroatoms. The number of methoxy groups -OCH3 is 1. The Kier molecular flexibility index (Phi) is 12.3. The third-order valence-corrected chi connectivity index (χ3v) is 5.96. The molecule has 2 rings (SSSR count). The highest BCUT2D eigenvalue weighted by molar-refractivity contribution is 14.0. The second-order valence-corrected chi connectivity index (χ2v) is 8.41. The minimum Gasteiger partial charge on any atom is -0.383 e. The van der Waals surface area contributed by atoms with Crippen molar-refractivity contribution in [1.29, 1.82) is 0 Å². The maximum absolute atomic E-state index is 12.3. The molecule has 30 heavy (non-hydrogen) atoms. The molecule has 0 saturated carbocycles. The maximum atomic E-state index is 12.3. The number of guanidine groups is 1. The first-order valence-corrected chi connectivity index (χ1v) is 11.1. The van der Waals surface area contributed by atoms with E-state index in [2.05, 4.69) is 20.3 Å². The largest absolute Gasteiger partial charge is 0.383 e. The normalized spacial score (nSPS) is 11.6. The molecule has 0 amide bonds. The molecule has 0 saturated heterocycles. The number of hydrogen-bond acceptors (Lipinski definition) is 4. The van der Waals surface area contributed by atoms with Gasteiger partial charge in [0.15, 0.2) is 5.96 Å². The highest BCUT2D eigenvalue weighted by Crippen LogP contribution is 2.15. The summed E-state index contributed by atoms with van der Waals surface area (Å²) in [6.45, 7) is 1.65. The zero-order valence-electron chi connectivity index (χ0n) is 17.0. The Hall–Kier alpha value is -1.40. The topological polar surface area (TPSA) is 91.8 Å². The van der Waals surface area contributed by atoms with Crippen LogP contribution in [-0.2, 0) is 27.7 Å². The van der Waals surface area contributed by atoms with Crippen LogP contribution >= 0.6 is 35.6 Å². The molecular formula is C20H28ClIN4O3S. The molecule has 0 aliphatic carbocycles. The number of halogens is 2. The molecule has 2 aromatic carbocycles. The van der Waals surface area contributed by atoms with Crippen LogP contribution < -0.4 is 15.4 Å². The first-order valence-electron chi connectivity index (χ1n) is 9.21. The van der Waals surface area contributed by atoms with Crippen molar-refractivity contribution in [3.8, 4) is 0 Å². The third-order valence-electron chi connectivity index (χ3n) is 4.14. The van der Waals surface area contributed by atoms with Crippen molar-refractivity contribution < 1.29 is 13.2 Å². The molecule has 0 aromatic heterocycles. The lowest BCUT2D eigenvalue weighted by Gasteiger charge is -2.13. The molecule has 0 spiro atoms. The van der Waals surface area contributed by atoms with E-state index >= 15 is 0 Å². The first kappa shape index (κ1) is 26.6. The van der Waals surface area contributed by atoms with Gasteiger partial charge in [-0.05, 0) is 35.7 Å². The summed E-state index contributed by atoms with van der Waals surface area (Å²) < 4.78 is 32.0. The van der Waals surface area contributed by atoms with Crippen molar-refractivity contribution in [2.24, 2.45) is 4.99 Å². The molecule has 0 bridgehead atoms. The summed E-state index contributed by atoms with van der Waals surface area (Å²) >= 11 is 6.17. The molecule has 0 fully saturated rings. The summed E-state index contributed by atoms with van der Waals surface area (Å²) in [5, 5.41) is 7.16. The van der Waals surface area contributed by atoms with Crippen LogP contribution in [0.3, 0.4) is 0 Å². The van der Waals surface area contributed by atoms with Gasteiger partial charge in [-0.2, -0.15) is 0 Å². The summed E-state index contributed by atoms with van der Waals surface area (Å²) in [5.41, 5.74) is 1.89. The molecule has 0 heterocycles. The van der Waals surface area contributed by atoms with Crippen molar-refractivity contribution in [3.63, 3.8) is 0 Å². The summed E-state index contributed by atoms with van der Waals surface area (Å²) in [7, 11) is -0.354. The van der Waals surface area contributed by atoms with Crippen LogP contribution in [0.2, 0.25) is 5.02 Å². The predicted octanol–water partition coefficient (Wildman–Crippen LogP) is 2.79. The fourth-order valence-electron chi connectivity index (χ4n) is 2.61. The Balaban J connectivity index is 0.00000450. The van der Waals surface area contributed by atoms with E-state index in [4.69, 9.17) is 16.3 Å². The molecule has 0 radical (unpaired) electrons. The van der Waals surface area contributed by atoms with Crippen LogP contribution in [0.1, 0.15) is 11.1 Å². The minimum absolute atomic E-state index is 0. The van der Waals surface area contributed by atoms with Crippen LogP contribution in [0.25, 0.3) is 0 Å². The van der Waals surface area contributed by atoms with Gasteiger partial charge in [-0.1, -0.05) is 41.9 Å². The van der Waals surface area contributed by atoms with E-state index < -0.39 is 10.0 Å². The Morgan fingerprint density at radius 2 is 1.87 bits per heavy atom. The third kappa shape index (κ3) is 8.76. The van der Waals surface area contributed by atoms with E-state index in [9.17, 15) is 8.42 Å². The average molecular weight is 567 g/mol. The van der Waals surface area contributed by atoms with Gasteiger partial charge in [-0.3, -0.25) is 4.99 Å². The quantitative estimate of drug-likeness (QED) is 0.178. The molecule has 2 aromatic rings. The van der Waals surface area contributed by atoms with Crippen LogP contribution in [0.4, 0.5) is 0 Å². The van der Waals surface area contributed by atoms with Gasteiger partial charge in [-0.25, -0.2) is 13.1 Å². The molecule has 0 unspecified atom stereocenters. The number of benzene rings is 2. The van der Waals surface area contributed by atoms with Gasteiger partial charge in [0.2, 0.25) is 10.0 Å². The molecule has 0 atom stereocenters. The van der Waals surface area contributed by atoms with E-state index in [-0.39, 0.29) is 35.4 Å². The highest BCUT2D eigenvalue weighted by Gasteiger charge is 2.13.